The number of aryl methyl sites for hydroxylation is 1. The SMILES string of the molecule is Cc1nc2c(N3C[C@H](C)C[C@H]3CO)c(CC(=O)c3ccnc(Cl)n3)ccc2s1. The molecule has 1 fully saturated rings. The number of nitrogens with zero attached hydrogens (tertiary/aromatic N) is 4. The molecule has 1 aliphatic heterocycles. The number of aliphatic hydroxyl groups is 1. The van der Waals surface area contributed by atoms with E-state index in [4.69, 9.17) is 16.6 Å². The lowest BCUT2D eigenvalue weighted by atomic mass is 10.0. The fourth-order valence-corrected chi connectivity index (χ4v) is 4.93. The van der Waals surface area contributed by atoms with E-state index in [2.05, 4.69) is 21.8 Å². The van der Waals surface area contributed by atoms with Gasteiger partial charge in [0.15, 0.2) is 5.78 Å². The molecule has 0 spiro atoms. The highest BCUT2D eigenvalue weighted by Gasteiger charge is 2.32. The van der Waals surface area contributed by atoms with E-state index in [1.807, 2.05) is 19.1 Å². The summed E-state index contributed by atoms with van der Waals surface area (Å²) in [6, 6.07) is 5.62. The maximum atomic E-state index is 12.9. The third kappa shape index (κ3) is 3.62. The van der Waals surface area contributed by atoms with Crippen molar-refractivity contribution in [3.8, 4) is 0 Å². The number of halogens is 1. The number of thiazole rings is 1. The van der Waals surface area contributed by atoms with Gasteiger partial charge in [-0.2, -0.15) is 0 Å². The van der Waals surface area contributed by atoms with Crippen molar-refractivity contribution in [3.63, 3.8) is 0 Å². The molecule has 2 atom stereocenters. The lowest BCUT2D eigenvalue weighted by Gasteiger charge is -2.28. The lowest BCUT2D eigenvalue weighted by Crippen LogP contribution is -2.33. The Balaban J connectivity index is 1.78. The van der Waals surface area contributed by atoms with Gasteiger partial charge in [-0.1, -0.05) is 13.0 Å². The fourth-order valence-electron chi connectivity index (χ4n) is 3.95. The molecule has 28 heavy (non-hydrogen) atoms. The zero-order valence-electron chi connectivity index (χ0n) is 15.7. The third-order valence-electron chi connectivity index (χ3n) is 5.11. The first-order chi connectivity index (χ1) is 13.5. The summed E-state index contributed by atoms with van der Waals surface area (Å²) in [5, 5.41) is 11.0. The molecule has 146 valence electrons. The Kier molecular flexibility index (Phi) is 5.31. The number of anilines is 1. The summed E-state index contributed by atoms with van der Waals surface area (Å²) >= 11 is 7.48. The summed E-state index contributed by atoms with van der Waals surface area (Å²) in [5.74, 6) is 0.348. The predicted octanol–water partition coefficient (Wildman–Crippen LogP) is 3.68. The van der Waals surface area contributed by atoms with Crippen LogP contribution in [0.3, 0.4) is 0 Å². The molecule has 0 radical (unpaired) electrons. The van der Waals surface area contributed by atoms with Crippen LogP contribution in [0, 0.1) is 12.8 Å². The molecule has 3 heterocycles. The first-order valence-corrected chi connectivity index (χ1v) is 10.4. The Labute approximate surface area is 172 Å². The fraction of sp³-hybridized carbons (Fsp3) is 0.400. The molecule has 1 aromatic carbocycles. The van der Waals surface area contributed by atoms with Crippen molar-refractivity contribution in [1.29, 1.82) is 0 Å². The Bertz CT molecular complexity index is 1040. The molecule has 1 aliphatic rings. The van der Waals surface area contributed by atoms with Crippen LogP contribution in [-0.2, 0) is 6.42 Å². The highest BCUT2D eigenvalue weighted by Crippen LogP contribution is 2.39. The lowest BCUT2D eigenvalue weighted by molar-refractivity contribution is 0.0988. The van der Waals surface area contributed by atoms with Crippen molar-refractivity contribution >= 4 is 44.6 Å². The highest BCUT2D eigenvalue weighted by atomic mass is 35.5. The molecule has 4 rings (SSSR count). The zero-order chi connectivity index (χ0) is 19.8. The van der Waals surface area contributed by atoms with Crippen molar-refractivity contribution in [3.05, 3.63) is 45.9 Å². The predicted molar refractivity (Wildman–Crippen MR) is 111 cm³/mol. The van der Waals surface area contributed by atoms with Gasteiger partial charge >= 0.3 is 0 Å². The van der Waals surface area contributed by atoms with Crippen LogP contribution < -0.4 is 4.90 Å². The molecule has 1 saturated heterocycles. The maximum absolute atomic E-state index is 12.9. The number of fused-ring (bicyclic) bond motifs is 1. The van der Waals surface area contributed by atoms with Crippen LogP contribution in [0.5, 0.6) is 0 Å². The number of Topliss-reactive ketones (excluding diaryl/α,β-unsaturated/α-hetero) is 1. The Morgan fingerprint density at radius 2 is 2.18 bits per heavy atom. The number of aliphatic hydroxyl groups excluding tert-OH is 1. The minimum Gasteiger partial charge on any atom is -0.394 e. The van der Waals surface area contributed by atoms with Gasteiger partial charge in [-0.15, -0.1) is 11.3 Å². The van der Waals surface area contributed by atoms with Crippen molar-refractivity contribution in [1.82, 2.24) is 15.0 Å². The van der Waals surface area contributed by atoms with Crippen LogP contribution in [0.2, 0.25) is 5.28 Å². The summed E-state index contributed by atoms with van der Waals surface area (Å²) in [7, 11) is 0. The third-order valence-corrected chi connectivity index (χ3v) is 6.23. The second kappa shape index (κ2) is 7.73. The highest BCUT2D eigenvalue weighted by molar-refractivity contribution is 7.18. The van der Waals surface area contributed by atoms with E-state index in [-0.39, 0.29) is 30.1 Å². The minimum atomic E-state index is -0.121. The molecule has 0 bridgehead atoms. The first kappa shape index (κ1) is 19.2. The number of benzene rings is 1. The van der Waals surface area contributed by atoms with E-state index in [1.165, 1.54) is 6.20 Å². The molecule has 2 aromatic heterocycles. The summed E-state index contributed by atoms with van der Waals surface area (Å²) in [6.45, 7) is 5.08. The quantitative estimate of drug-likeness (QED) is 0.505. The van der Waals surface area contributed by atoms with Crippen molar-refractivity contribution in [2.75, 3.05) is 18.1 Å². The molecule has 0 amide bonds. The number of carbonyl (C=O) groups is 1. The summed E-state index contributed by atoms with van der Waals surface area (Å²) in [5.41, 5.74) is 3.05. The first-order valence-electron chi connectivity index (χ1n) is 9.24. The van der Waals surface area contributed by atoms with Crippen LogP contribution in [0.1, 0.15) is 34.4 Å². The van der Waals surface area contributed by atoms with Gasteiger partial charge in [0.25, 0.3) is 0 Å². The largest absolute Gasteiger partial charge is 0.394 e. The average molecular weight is 417 g/mol. The van der Waals surface area contributed by atoms with Crippen LogP contribution in [0.25, 0.3) is 10.2 Å². The number of hydrogen-bond acceptors (Lipinski definition) is 7. The number of ketones is 1. The molecule has 0 saturated carbocycles. The average Bonchev–Trinajstić information content (AvgIpc) is 3.22. The number of hydrogen-bond donors (Lipinski definition) is 1. The second-order valence-electron chi connectivity index (χ2n) is 7.29. The molecule has 6 nitrogen and oxygen atoms in total. The molecule has 1 N–H and O–H groups in total. The Hall–Kier alpha value is -2.09. The second-order valence-corrected chi connectivity index (χ2v) is 8.87. The van der Waals surface area contributed by atoms with Crippen LogP contribution in [0.15, 0.2) is 24.4 Å². The van der Waals surface area contributed by atoms with Crippen molar-refractivity contribution in [2.45, 2.75) is 32.7 Å². The van der Waals surface area contributed by atoms with Gasteiger partial charge in [0.1, 0.15) is 11.2 Å². The van der Waals surface area contributed by atoms with Crippen molar-refractivity contribution in [2.24, 2.45) is 5.92 Å². The molecule has 8 heteroatoms. The molecule has 0 unspecified atom stereocenters. The number of aromatic nitrogens is 3. The number of rotatable bonds is 5. The van der Waals surface area contributed by atoms with Gasteiger partial charge in [-0.3, -0.25) is 4.79 Å². The molecule has 0 aliphatic carbocycles. The standard InChI is InChI=1S/C20H21ClN4O2S/c1-11-7-14(10-26)25(9-11)19-13(3-4-17-18(19)23-12(2)28-17)8-16(27)15-5-6-22-20(21)24-15/h3-6,11,14,26H,7-10H2,1-2H3/t11-,14+/m1/s1. The topological polar surface area (TPSA) is 79.2 Å². The van der Waals surface area contributed by atoms with E-state index >= 15 is 0 Å². The Morgan fingerprint density at radius 1 is 1.36 bits per heavy atom. The minimum absolute atomic E-state index is 0.0324. The van der Waals surface area contributed by atoms with Crippen LogP contribution in [-0.4, -0.2) is 45.0 Å². The van der Waals surface area contributed by atoms with E-state index in [0.717, 1.165) is 39.4 Å². The molecular weight excluding hydrogens is 396 g/mol. The molecular formula is C20H21ClN4O2S. The normalized spacial score (nSPS) is 19.5. The van der Waals surface area contributed by atoms with Gasteiger partial charge in [0, 0.05) is 19.2 Å². The number of carbonyl (C=O) groups excluding carboxylic acids is 1. The van der Waals surface area contributed by atoms with Crippen molar-refractivity contribution < 1.29 is 9.90 Å². The van der Waals surface area contributed by atoms with Gasteiger partial charge in [-0.25, -0.2) is 15.0 Å². The summed E-state index contributed by atoms with van der Waals surface area (Å²) < 4.78 is 1.09. The monoisotopic (exact) mass is 416 g/mol. The van der Waals surface area contributed by atoms with Gasteiger partial charge in [0.2, 0.25) is 5.28 Å². The summed E-state index contributed by atoms with van der Waals surface area (Å²) in [4.78, 5) is 27.7. The summed E-state index contributed by atoms with van der Waals surface area (Å²) in [6.07, 6.45) is 2.60. The van der Waals surface area contributed by atoms with E-state index < -0.39 is 0 Å². The van der Waals surface area contributed by atoms with E-state index in [1.54, 1.807) is 17.4 Å². The van der Waals surface area contributed by atoms with E-state index in [9.17, 15) is 9.90 Å². The van der Waals surface area contributed by atoms with Crippen LogP contribution in [0.4, 0.5) is 5.69 Å². The Morgan fingerprint density at radius 3 is 2.93 bits per heavy atom. The van der Waals surface area contributed by atoms with Gasteiger partial charge < -0.3 is 10.0 Å². The zero-order valence-corrected chi connectivity index (χ0v) is 17.3. The maximum Gasteiger partial charge on any atom is 0.222 e. The van der Waals surface area contributed by atoms with Gasteiger partial charge in [-0.05, 0) is 48.6 Å². The smallest absolute Gasteiger partial charge is 0.222 e. The van der Waals surface area contributed by atoms with E-state index in [0.29, 0.717) is 11.6 Å². The molecule has 3 aromatic rings. The van der Waals surface area contributed by atoms with Crippen LogP contribution >= 0.6 is 22.9 Å². The van der Waals surface area contributed by atoms with Gasteiger partial charge in [0.05, 0.1) is 28.0 Å².